The second-order valence-electron chi connectivity index (χ2n) is 6.49. The lowest BCUT2D eigenvalue weighted by molar-refractivity contribution is -0.384. The molecule has 11 heteroatoms. The van der Waals surface area contributed by atoms with Crippen LogP contribution in [0.1, 0.15) is 18.3 Å². The van der Waals surface area contributed by atoms with E-state index in [9.17, 15) is 14.9 Å². The number of nitrogens with one attached hydrogen (secondary N) is 1. The number of hydrogen-bond acceptors (Lipinski definition) is 7. The lowest BCUT2D eigenvalue weighted by Gasteiger charge is -2.11. The molecule has 9 nitrogen and oxygen atoms in total. The summed E-state index contributed by atoms with van der Waals surface area (Å²) in [6.07, 6.45) is 0. The van der Waals surface area contributed by atoms with Crippen molar-refractivity contribution in [2.75, 3.05) is 11.1 Å². The first-order valence-corrected chi connectivity index (χ1v) is 10.7. The standard InChI is InChI=1S/C20H20ClN5O4S/c1-3-25-18(11-30-17-8-7-14(21)9-13(17)2)23-24-20(25)31-12-19(27)22-15-5-4-6-16(10-15)26(28)29/h4-10H,3,11-12H2,1-2H3,(H,22,27). The molecule has 0 saturated carbocycles. The summed E-state index contributed by atoms with van der Waals surface area (Å²) in [5.41, 5.74) is 1.20. The van der Waals surface area contributed by atoms with Gasteiger partial charge in [-0.3, -0.25) is 14.9 Å². The van der Waals surface area contributed by atoms with E-state index < -0.39 is 4.92 Å². The van der Waals surface area contributed by atoms with Gasteiger partial charge in [-0.05, 0) is 43.7 Å². The predicted molar refractivity (Wildman–Crippen MR) is 119 cm³/mol. The van der Waals surface area contributed by atoms with Crippen LogP contribution in [0.25, 0.3) is 0 Å². The molecule has 3 rings (SSSR count). The Morgan fingerprint density at radius 2 is 2.10 bits per heavy atom. The maximum absolute atomic E-state index is 12.3. The minimum absolute atomic E-state index is 0.0813. The highest BCUT2D eigenvalue weighted by Crippen LogP contribution is 2.24. The van der Waals surface area contributed by atoms with Crippen molar-refractivity contribution in [3.05, 3.63) is 69.0 Å². The van der Waals surface area contributed by atoms with Gasteiger partial charge < -0.3 is 14.6 Å². The third-order valence-corrected chi connectivity index (χ3v) is 5.48. The largest absolute Gasteiger partial charge is 0.485 e. The summed E-state index contributed by atoms with van der Waals surface area (Å²) in [4.78, 5) is 22.6. The first-order chi connectivity index (χ1) is 14.9. The van der Waals surface area contributed by atoms with E-state index in [4.69, 9.17) is 16.3 Å². The van der Waals surface area contributed by atoms with Crippen molar-refractivity contribution >= 4 is 40.6 Å². The van der Waals surface area contributed by atoms with Gasteiger partial charge in [-0.2, -0.15) is 0 Å². The predicted octanol–water partition coefficient (Wildman–Crippen LogP) is 4.48. The van der Waals surface area contributed by atoms with E-state index in [1.807, 2.05) is 24.5 Å². The lowest BCUT2D eigenvalue weighted by Crippen LogP contribution is -2.15. The zero-order valence-corrected chi connectivity index (χ0v) is 18.4. The van der Waals surface area contributed by atoms with Crippen LogP contribution in [0.5, 0.6) is 5.75 Å². The van der Waals surface area contributed by atoms with E-state index in [0.717, 1.165) is 5.56 Å². The number of benzene rings is 2. The number of ether oxygens (including phenoxy) is 1. The van der Waals surface area contributed by atoms with Gasteiger partial charge in [-0.1, -0.05) is 29.4 Å². The number of nitrogens with zero attached hydrogens (tertiary/aromatic N) is 4. The van der Waals surface area contributed by atoms with Crippen molar-refractivity contribution in [2.24, 2.45) is 0 Å². The second-order valence-corrected chi connectivity index (χ2v) is 7.86. The third kappa shape index (κ3) is 5.96. The Bertz CT molecular complexity index is 1100. The number of carbonyl (C=O) groups excluding carboxylic acids is 1. The summed E-state index contributed by atoms with van der Waals surface area (Å²) in [6, 6.07) is 11.2. The van der Waals surface area contributed by atoms with Crippen LogP contribution in [-0.4, -0.2) is 31.3 Å². The number of hydrogen-bond donors (Lipinski definition) is 1. The molecule has 0 atom stereocenters. The van der Waals surface area contributed by atoms with Crippen molar-refractivity contribution in [3.8, 4) is 5.75 Å². The van der Waals surface area contributed by atoms with Gasteiger partial charge in [0.25, 0.3) is 5.69 Å². The zero-order valence-electron chi connectivity index (χ0n) is 16.9. The number of non-ortho nitro benzene ring substituents is 1. The fraction of sp³-hybridized carbons (Fsp3) is 0.250. The van der Waals surface area contributed by atoms with Gasteiger partial charge in [-0.15, -0.1) is 10.2 Å². The summed E-state index contributed by atoms with van der Waals surface area (Å²) in [5, 5.41) is 23.1. The fourth-order valence-electron chi connectivity index (χ4n) is 2.79. The summed E-state index contributed by atoms with van der Waals surface area (Å²) >= 11 is 7.20. The van der Waals surface area contributed by atoms with Crippen LogP contribution in [0.3, 0.4) is 0 Å². The molecule has 0 aliphatic rings. The van der Waals surface area contributed by atoms with Crippen LogP contribution in [0.4, 0.5) is 11.4 Å². The van der Waals surface area contributed by atoms with Crippen LogP contribution >= 0.6 is 23.4 Å². The molecular weight excluding hydrogens is 442 g/mol. The zero-order chi connectivity index (χ0) is 22.4. The summed E-state index contributed by atoms with van der Waals surface area (Å²) in [6.45, 7) is 4.70. The molecule has 3 aromatic rings. The Kier molecular flexibility index (Phi) is 7.48. The van der Waals surface area contributed by atoms with Crippen LogP contribution in [0.15, 0.2) is 47.6 Å². The van der Waals surface area contributed by atoms with Gasteiger partial charge in [0.15, 0.2) is 11.0 Å². The molecule has 1 heterocycles. The molecule has 0 aliphatic heterocycles. The third-order valence-electron chi connectivity index (χ3n) is 4.28. The number of halogens is 1. The molecule has 0 spiro atoms. The number of nitro groups is 1. The molecule has 1 aromatic heterocycles. The highest BCUT2D eigenvalue weighted by molar-refractivity contribution is 7.99. The molecule has 0 saturated heterocycles. The minimum atomic E-state index is -0.511. The number of amides is 1. The van der Waals surface area contributed by atoms with Crippen LogP contribution in [-0.2, 0) is 17.9 Å². The van der Waals surface area contributed by atoms with E-state index in [0.29, 0.717) is 34.0 Å². The van der Waals surface area contributed by atoms with E-state index >= 15 is 0 Å². The summed E-state index contributed by atoms with van der Waals surface area (Å²) in [5.74, 6) is 1.13. The SMILES string of the molecule is CCn1c(COc2ccc(Cl)cc2C)nnc1SCC(=O)Nc1cccc([N+](=O)[O-])c1. The topological polar surface area (TPSA) is 112 Å². The van der Waals surface area contributed by atoms with Crippen molar-refractivity contribution in [1.82, 2.24) is 14.8 Å². The molecule has 0 unspecified atom stereocenters. The normalized spacial score (nSPS) is 10.7. The van der Waals surface area contributed by atoms with Crippen molar-refractivity contribution < 1.29 is 14.5 Å². The number of rotatable bonds is 9. The van der Waals surface area contributed by atoms with Gasteiger partial charge in [0.05, 0.1) is 10.7 Å². The number of nitro benzene ring substituents is 1. The van der Waals surface area contributed by atoms with Crippen LogP contribution in [0, 0.1) is 17.0 Å². The molecular formula is C20H20ClN5O4S. The van der Waals surface area contributed by atoms with E-state index in [1.54, 1.807) is 18.2 Å². The van der Waals surface area contributed by atoms with Gasteiger partial charge in [0, 0.05) is 29.4 Å². The number of thioether (sulfide) groups is 1. The van der Waals surface area contributed by atoms with E-state index in [2.05, 4.69) is 15.5 Å². The highest BCUT2D eigenvalue weighted by atomic mass is 35.5. The number of carbonyl (C=O) groups is 1. The molecule has 31 heavy (non-hydrogen) atoms. The maximum Gasteiger partial charge on any atom is 0.271 e. The van der Waals surface area contributed by atoms with Crippen LogP contribution < -0.4 is 10.1 Å². The van der Waals surface area contributed by atoms with Gasteiger partial charge in [0.2, 0.25) is 5.91 Å². The van der Waals surface area contributed by atoms with Gasteiger partial charge >= 0.3 is 0 Å². The van der Waals surface area contributed by atoms with E-state index in [1.165, 1.54) is 30.0 Å². The number of aryl methyl sites for hydroxylation is 1. The fourth-order valence-corrected chi connectivity index (χ4v) is 3.84. The molecule has 1 amide bonds. The quantitative estimate of drug-likeness (QED) is 0.284. The monoisotopic (exact) mass is 461 g/mol. The molecule has 0 bridgehead atoms. The van der Waals surface area contributed by atoms with Crippen LogP contribution in [0.2, 0.25) is 5.02 Å². The Morgan fingerprint density at radius 1 is 1.29 bits per heavy atom. The molecule has 0 aliphatic carbocycles. The number of anilines is 1. The second kappa shape index (κ2) is 10.3. The summed E-state index contributed by atoms with van der Waals surface area (Å²) < 4.78 is 7.71. The van der Waals surface area contributed by atoms with Crippen molar-refractivity contribution in [2.45, 2.75) is 32.2 Å². The molecule has 1 N–H and O–H groups in total. The number of aromatic nitrogens is 3. The van der Waals surface area contributed by atoms with E-state index in [-0.39, 0.29) is 24.0 Å². The first kappa shape index (κ1) is 22.6. The van der Waals surface area contributed by atoms with Crippen molar-refractivity contribution in [1.29, 1.82) is 0 Å². The highest BCUT2D eigenvalue weighted by Gasteiger charge is 2.15. The average Bonchev–Trinajstić information content (AvgIpc) is 3.13. The Balaban J connectivity index is 1.59. The lowest BCUT2D eigenvalue weighted by atomic mass is 10.2. The van der Waals surface area contributed by atoms with Gasteiger partial charge in [0.1, 0.15) is 12.4 Å². The Labute approximate surface area is 187 Å². The smallest absolute Gasteiger partial charge is 0.271 e. The first-order valence-electron chi connectivity index (χ1n) is 9.35. The van der Waals surface area contributed by atoms with Gasteiger partial charge in [-0.25, -0.2) is 0 Å². The Hall–Kier alpha value is -3.11. The molecule has 162 valence electrons. The molecule has 2 aromatic carbocycles. The molecule has 0 fully saturated rings. The summed E-state index contributed by atoms with van der Waals surface area (Å²) in [7, 11) is 0. The molecule has 0 radical (unpaired) electrons. The van der Waals surface area contributed by atoms with Crippen molar-refractivity contribution in [3.63, 3.8) is 0 Å². The Morgan fingerprint density at radius 3 is 2.81 bits per heavy atom. The average molecular weight is 462 g/mol. The maximum atomic E-state index is 12.3. The minimum Gasteiger partial charge on any atom is -0.485 e.